The van der Waals surface area contributed by atoms with Crippen LogP contribution in [0.3, 0.4) is 0 Å². The van der Waals surface area contributed by atoms with Crippen molar-refractivity contribution in [2.75, 3.05) is 5.32 Å². The lowest BCUT2D eigenvalue weighted by Crippen LogP contribution is -2.28. The summed E-state index contributed by atoms with van der Waals surface area (Å²) in [5, 5.41) is 2.78. The van der Waals surface area contributed by atoms with Gasteiger partial charge in [0, 0.05) is 23.7 Å². The highest BCUT2D eigenvalue weighted by molar-refractivity contribution is 5.95. The molecule has 1 amide bonds. The van der Waals surface area contributed by atoms with Crippen LogP contribution in [-0.2, 0) is 4.79 Å². The monoisotopic (exact) mass is 384 g/mol. The molecule has 0 spiro atoms. The van der Waals surface area contributed by atoms with Crippen molar-refractivity contribution in [3.63, 3.8) is 0 Å². The molecule has 0 bridgehead atoms. The molecule has 2 aromatic rings. The lowest BCUT2D eigenvalue weighted by Gasteiger charge is -2.16. The van der Waals surface area contributed by atoms with Crippen molar-refractivity contribution in [2.24, 2.45) is 11.7 Å². The van der Waals surface area contributed by atoms with Crippen molar-refractivity contribution < 1.29 is 18.0 Å². The fourth-order valence-electron chi connectivity index (χ4n) is 3.31. The molecule has 2 atom stereocenters. The van der Waals surface area contributed by atoms with E-state index in [-0.39, 0.29) is 35.8 Å². The molecule has 0 aromatic heterocycles. The predicted molar refractivity (Wildman–Crippen MR) is 97.6 cm³/mol. The molecule has 3 N–H and O–H groups in total. The van der Waals surface area contributed by atoms with E-state index in [9.17, 15) is 18.0 Å². The van der Waals surface area contributed by atoms with Crippen LogP contribution in [0.2, 0.25) is 0 Å². The van der Waals surface area contributed by atoms with Crippen molar-refractivity contribution in [3.8, 4) is 11.1 Å². The van der Waals surface area contributed by atoms with Gasteiger partial charge in [-0.05, 0) is 42.5 Å². The maximum atomic E-state index is 13.5. The van der Waals surface area contributed by atoms with Crippen LogP contribution in [0.1, 0.15) is 25.7 Å². The van der Waals surface area contributed by atoms with E-state index in [1.54, 1.807) is 24.3 Å². The Labute approximate surface area is 156 Å². The number of hydrogen-bond donors (Lipinski definition) is 2. The number of amides is 1. The second-order valence-electron chi connectivity index (χ2n) is 6.41. The minimum atomic E-state index is -1.51. The summed E-state index contributed by atoms with van der Waals surface area (Å²) >= 11 is 0. The van der Waals surface area contributed by atoms with Gasteiger partial charge in [0.05, 0.1) is 0 Å². The second-order valence-corrected chi connectivity index (χ2v) is 6.41. The summed E-state index contributed by atoms with van der Waals surface area (Å²) in [5.41, 5.74) is 6.99. The third-order valence-corrected chi connectivity index (χ3v) is 4.66. The first-order valence-corrected chi connectivity index (χ1v) is 8.25. The summed E-state index contributed by atoms with van der Waals surface area (Å²) in [5.74, 6) is -4.10. The van der Waals surface area contributed by atoms with Crippen molar-refractivity contribution >= 4 is 24.0 Å². The van der Waals surface area contributed by atoms with Gasteiger partial charge < -0.3 is 11.1 Å². The number of nitrogens with one attached hydrogen (secondary N) is 1. The number of carbonyl (C=O) groups excluding carboxylic acids is 1. The zero-order valence-corrected chi connectivity index (χ0v) is 14.8. The maximum Gasteiger partial charge on any atom is 0.224 e. The molecule has 140 valence electrons. The van der Waals surface area contributed by atoms with Crippen molar-refractivity contribution in [1.82, 2.24) is 0 Å². The molecule has 26 heavy (non-hydrogen) atoms. The normalized spacial score (nSPS) is 19.1. The fraction of sp³-hybridized carbons (Fsp3) is 0.316. The highest BCUT2D eigenvalue weighted by Crippen LogP contribution is 2.31. The Bertz CT molecular complexity index is 777. The largest absolute Gasteiger partial charge is 0.327 e. The van der Waals surface area contributed by atoms with Gasteiger partial charge >= 0.3 is 0 Å². The number of nitrogens with two attached hydrogens (primary N) is 1. The fourth-order valence-corrected chi connectivity index (χ4v) is 3.31. The van der Waals surface area contributed by atoms with Crippen molar-refractivity contribution in [2.45, 2.75) is 31.7 Å². The molecule has 1 saturated carbocycles. The van der Waals surface area contributed by atoms with Crippen LogP contribution in [0, 0.1) is 23.4 Å². The summed E-state index contributed by atoms with van der Waals surface area (Å²) < 4.78 is 40.2. The number of benzene rings is 2. The Hall–Kier alpha value is -2.05. The summed E-state index contributed by atoms with van der Waals surface area (Å²) in [7, 11) is 0. The molecule has 1 aliphatic carbocycles. The first kappa shape index (κ1) is 20.3. The van der Waals surface area contributed by atoms with E-state index in [0.717, 1.165) is 31.4 Å². The minimum Gasteiger partial charge on any atom is -0.327 e. The molecule has 7 heteroatoms. The summed E-state index contributed by atoms with van der Waals surface area (Å²) in [6.45, 7) is 0. The molecular formula is C19H20ClF3N2O. The Balaban J connectivity index is 0.00000243. The third kappa shape index (κ3) is 4.37. The van der Waals surface area contributed by atoms with Gasteiger partial charge in [0.2, 0.25) is 5.91 Å². The quantitative estimate of drug-likeness (QED) is 0.754. The van der Waals surface area contributed by atoms with Gasteiger partial charge in [-0.15, -0.1) is 12.4 Å². The summed E-state index contributed by atoms with van der Waals surface area (Å²) in [4.78, 5) is 12.3. The smallest absolute Gasteiger partial charge is 0.224 e. The van der Waals surface area contributed by atoms with Crippen molar-refractivity contribution in [3.05, 3.63) is 53.8 Å². The maximum absolute atomic E-state index is 13.5. The zero-order chi connectivity index (χ0) is 18.0. The average molecular weight is 385 g/mol. The van der Waals surface area contributed by atoms with E-state index in [0.29, 0.717) is 17.7 Å². The van der Waals surface area contributed by atoms with Crippen molar-refractivity contribution in [1.29, 1.82) is 0 Å². The molecule has 0 radical (unpaired) electrons. The molecule has 0 unspecified atom stereocenters. The first-order chi connectivity index (χ1) is 12.0. The van der Waals surface area contributed by atoms with Crippen LogP contribution in [-0.4, -0.2) is 11.9 Å². The van der Waals surface area contributed by atoms with Crippen LogP contribution < -0.4 is 11.1 Å². The standard InChI is InChI=1S/C19H19F3N2O.ClH/c20-14-8-12(9-15(21)19(14)22)13-5-1-2-7-17(13)24-18(25)10-11-4-3-6-16(11)23;/h1-2,5,7-9,11,16H,3-4,6,10,23H2,(H,24,25);1H/t11-,16+;/m0./s1. The number of carbonyl (C=O) groups is 1. The molecular weight excluding hydrogens is 365 g/mol. The van der Waals surface area contributed by atoms with Gasteiger partial charge in [0.15, 0.2) is 17.5 Å². The van der Waals surface area contributed by atoms with E-state index in [4.69, 9.17) is 5.73 Å². The molecule has 3 rings (SSSR count). The van der Waals surface area contributed by atoms with Gasteiger partial charge in [-0.1, -0.05) is 24.6 Å². The van der Waals surface area contributed by atoms with Gasteiger partial charge in [-0.25, -0.2) is 13.2 Å². The summed E-state index contributed by atoms with van der Waals surface area (Å²) in [6, 6.07) is 8.49. The van der Waals surface area contributed by atoms with Gasteiger partial charge in [0.25, 0.3) is 0 Å². The van der Waals surface area contributed by atoms with Gasteiger partial charge in [0.1, 0.15) is 0 Å². The summed E-state index contributed by atoms with van der Waals surface area (Å²) in [6.07, 6.45) is 3.17. The average Bonchev–Trinajstić information content (AvgIpc) is 2.97. The Kier molecular flexibility index (Phi) is 6.67. The molecule has 3 nitrogen and oxygen atoms in total. The van der Waals surface area contributed by atoms with Crippen LogP contribution in [0.5, 0.6) is 0 Å². The molecule has 1 fully saturated rings. The van der Waals surface area contributed by atoms with Crippen LogP contribution in [0.15, 0.2) is 36.4 Å². The molecule has 2 aromatic carbocycles. The van der Waals surface area contributed by atoms with E-state index in [1.807, 2.05) is 0 Å². The van der Waals surface area contributed by atoms with E-state index in [1.165, 1.54) is 0 Å². The Morgan fingerprint density at radius 3 is 2.38 bits per heavy atom. The topological polar surface area (TPSA) is 55.1 Å². The first-order valence-electron chi connectivity index (χ1n) is 8.25. The van der Waals surface area contributed by atoms with Gasteiger partial charge in [-0.2, -0.15) is 0 Å². The molecule has 0 aliphatic heterocycles. The van der Waals surface area contributed by atoms with Crippen LogP contribution in [0.25, 0.3) is 11.1 Å². The van der Waals surface area contributed by atoms with E-state index in [2.05, 4.69) is 5.32 Å². The van der Waals surface area contributed by atoms with Crippen LogP contribution >= 0.6 is 12.4 Å². The van der Waals surface area contributed by atoms with E-state index < -0.39 is 17.5 Å². The van der Waals surface area contributed by atoms with Crippen LogP contribution in [0.4, 0.5) is 18.9 Å². The second kappa shape index (κ2) is 8.56. The lowest BCUT2D eigenvalue weighted by atomic mass is 9.99. The van der Waals surface area contributed by atoms with E-state index >= 15 is 0 Å². The zero-order valence-electron chi connectivity index (χ0n) is 14.0. The SMILES string of the molecule is Cl.N[C@@H]1CCC[C@H]1CC(=O)Nc1ccccc1-c1cc(F)c(F)c(F)c1. The molecule has 1 aliphatic rings. The predicted octanol–water partition coefficient (Wildman–Crippen LogP) is 4.65. The Morgan fingerprint density at radius 1 is 1.12 bits per heavy atom. The Morgan fingerprint density at radius 2 is 1.77 bits per heavy atom. The van der Waals surface area contributed by atoms with Gasteiger partial charge in [-0.3, -0.25) is 4.79 Å². The minimum absolute atomic E-state index is 0. The molecule has 0 saturated heterocycles. The number of para-hydroxylation sites is 1. The number of rotatable bonds is 4. The highest BCUT2D eigenvalue weighted by Gasteiger charge is 2.26. The molecule has 0 heterocycles. The number of anilines is 1. The highest BCUT2D eigenvalue weighted by atomic mass is 35.5. The number of hydrogen-bond acceptors (Lipinski definition) is 2. The third-order valence-electron chi connectivity index (χ3n) is 4.66. The number of halogens is 4. The lowest BCUT2D eigenvalue weighted by molar-refractivity contribution is -0.117.